The van der Waals surface area contributed by atoms with Gasteiger partial charge in [-0.3, -0.25) is 4.90 Å². The molecular formula is C33H31NO3. The quantitative estimate of drug-likeness (QED) is 0.319. The number of benzene rings is 4. The van der Waals surface area contributed by atoms with Gasteiger partial charge in [-0.25, -0.2) is 0 Å². The minimum absolute atomic E-state index is 0.206. The number of ether oxygens (including phenoxy) is 2. The Morgan fingerprint density at radius 1 is 0.865 bits per heavy atom. The highest BCUT2D eigenvalue weighted by Gasteiger charge is 2.60. The van der Waals surface area contributed by atoms with Crippen molar-refractivity contribution in [1.29, 1.82) is 0 Å². The Bertz CT molecular complexity index is 1370. The first-order valence-electron chi connectivity index (χ1n) is 12.8. The molecular weight excluding hydrogens is 458 g/mol. The van der Waals surface area contributed by atoms with Crippen LogP contribution in [0.25, 0.3) is 11.1 Å². The van der Waals surface area contributed by atoms with Crippen LogP contribution >= 0.6 is 0 Å². The first kappa shape index (κ1) is 23.7. The monoisotopic (exact) mass is 489 g/mol. The normalized spacial score (nSPS) is 21.8. The molecule has 0 bridgehead atoms. The SMILES string of the molecule is C=C(OCC)C1(O)OCN(C2(c3ccccc3)c3ccccc3-c3ccccc32)[C@H]1Cc1ccccc1. The second kappa shape index (κ2) is 9.31. The van der Waals surface area contributed by atoms with Gasteiger partial charge in [-0.2, -0.15) is 0 Å². The third-order valence-corrected chi connectivity index (χ3v) is 7.79. The average molecular weight is 490 g/mol. The number of nitrogens with zero attached hydrogens (tertiary/aromatic N) is 1. The molecule has 186 valence electrons. The van der Waals surface area contributed by atoms with Crippen LogP contribution in [0.3, 0.4) is 0 Å². The lowest BCUT2D eigenvalue weighted by Gasteiger charge is -2.45. The molecule has 0 radical (unpaired) electrons. The fraction of sp³-hybridized carbons (Fsp3) is 0.212. The topological polar surface area (TPSA) is 41.9 Å². The van der Waals surface area contributed by atoms with Crippen molar-refractivity contribution in [3.8, 4) is 11.1 Å². The summed E-state index contributed by atoms with van der Waals surface area (Å²) in [5.74, 6) is -1.44. The van der Waals surface area contributed by atoms with Crippen molar-refractivity contribution < 1.29 is 14.6 Å². The first-order valence-corrected chi connectivity index (χ1v) is 12.8. The van der Waals surface area contributed by atoms with Gasteiger partial charge in [-0.05, 0) is 46.7 Å². The van der Waals surface area contributed by atoms with E-state index in [0.29, 0.717) is 13.0 Å². The molecule has 6 rings (SSSR count). The van der Waals surface area contributed by atoms with E-state index in [0.717, 1.165) is 11.1 Å². The Morgan fingerprint density at radius 2 is 1.41 bits per heavy atom. The lowest BCUT2D eigenvalue weighted by molar-refractivity contribution is -0.175. The molecule has 0 saturated carbocycles. The molecule has 2 atom stereocenters. The van der Waals surface area contributed by atoms with Gasteiger partial charge in [0.15, 0.2) is 0 Å². The molecule has 4 aromatic carbocycles. The van der Waals surface area contributed by atoms with E-state index in [2.05, 4.69) is 96.4 Å². The van der Waals surface area contributed by atoms with Gasteiger partial charge in [0.2, 0.25) is 5.79 Å². The van der Waals surface area contributed by atoms with Crippen LogP contribution in [0.15, 0.2) is 122 Å². The highest BCUT2D eigenvalue weighted by Crippen LogP contribution is 2.57. The van der Waals surface area contributed by atoms with E-state index < -0.39 is 17.4 Å². The van der Waals surface area contributed by atoms with Crippen molar-refractivity contribution in [3.63, 3.8) is 0 Å². The standard InChI is InChI=1S/C33H31NO3/c1-3-36-24(2)33(35)31(22-25-14-6-4-7-15-25)34(23-37-33)32(26-16-8-5-9-17-26)29-20-12-10-18-27(29)28-19-11-13-21-30(28)32/h4-21,31,35H,2-3,22-23H2,1H3/t31-,33?/m0/s1. The Hall–Kier alpha value is -3.70. The van der Waals surface area contributed by atoms with Crippen LogP contribution in [0.5, 0.6) is 0 Å². The summed E-state index contributed by atoms with van der Waals surface area (Å²) in [6, 6.07) is 37.5. The maximum absolute atomic E-state index is 12.1. The minimum Gasteiger partial charge on any atom is -0.493 e. The van der Waals surface area contributed by atoms with Crippen molar-refractivity contribution in [2.45, 2.75) is 30.7 Å². The highest BCUT2D eigenvalue weighted by molar-refractivity contribution is 5.83. The van der Waals surface area contributed by atoms with Gasteiger partial charge in [0.25, 0.3) is 0 Å². The van der Waals surface area contributed by atoms with Gasteiger partial charge in [0, 0.05) is 0 Å². The van der Waals surface area contributed by atoms with Gasteiger partial charge in [0.05, 0.1) is 12.6 Å². The van der Waals surface area contributed by atoms with Crippen molar-refractivity contribution in [1.82, 2.24) is 4.90 Å². The van der Waals surface area contributed by atoms with Crippen LogP contribution < -0.4 is 0 Å². The summed E-state index contributed by atoms with van der Waals surface area (Å²) in [7, 11) is 0. The Labute approximate surface area is 218 Å². The van der Waals surface area contributed by atoms with E-state index >= 15 is 0 Å². The van der Waals surface area contributed by atoms with Crippen molar-refractivity contribution >= 4 is 0 Å². The molecule has 4 heteroatoms. The fourth-order valence-electron chi connectivity index (χ4n) is 6.20. The van der Waals surface area contributed by atoms with Crippen LogP contribution in [-0.4, -0.2) is 35.2 Å². The summed E-state index contributed by atoms with van der Waals surface area (Å²) in [6.45, 7) is 6.61. The van der Waals surface area contributed by atoms with Crippen LogP contribution in [0.2, 0.25) is 0 Å². The van der Waals surface area contributed by atoms with E-state index in [1.54, 1.807) is 0 Å². The molecule has 1 aliphatic heterocycles. The van der Waals surface area contributed by atoms with Gasteiger partial charge >= 0.3 is 0 Å². The predicted molar refractivity (Wildman–Crippen MR) is 146 cm³/mol. The molecule has 1 fully saturated rings. The number of rotatable bonds is 7. The van der Waals surface area contributed by atoms with Crippen LogP contribution in [0, 0.1) is 0 Å². The van der Waals surface area contributed by atoms with Crippen LogP contribution in [0.4, 0.5) is 0 Å². The maximum Gasteiger partial charge on any atom is 0.242 e. The summed E-state index contributed by atoms with van der Waals surface area (Å²) >= 11 is 0. The summed E-state index contributed by atoms with van der Waals surface area (Å²) in [5, 5.41) is 12.1. The molecule has 4 nitrogen and oxygen atoms in total. The van der Waals surface area contributed by atoms with E-state index in [1.807, 2.05) is 31.2 Å². The van der Waals surface area contributed by atoms with Crippen LogP contribution in [-0.2, 0) is 21.4 Å². The molecule has 0 spiro atoms. The predicted octanol–water partition coefficient (Wildman–Crippen LogP) is 6.10. The molecule has 1 aliphatic carbocycles. The number of hydrogen-bond donors (Lipinski definition) is 1. The van der Waals surface area contributed by atoms with Crippen molar-refractivity contribution in [2.24, 2.45) is 0 Å². The van der Waals surface area contributed by atoms with Crippen molar-refractivity contribution in [3.05, 3.63) is 144 Å². The van der Waals surface area contributed by atoms with Gasteiger partial charge in [0.1, 0.15) is 18.0 Å². The molecule has 0 aromatic heterocycles. The van der Waals surface area contributed by atoms with Crippen molar-refractivity contribution in [2.75, 3.05) is 13.3 Å². The molecule has 0 amide bonds. The molecule has 1 saturated heterocycles. The Morgan fingerprint density at radius 3 is 2.00 bits per heavy atom. The smallest absolute Gasteiger partial charge is 0.242 e. The fourth-order valence-corrected chi connectivity index (χ4v) is 6.20. The average Bonchev–Trinajstić information content (AvgIpc) is 3.44. The number of fused-ring (bicyclic) bond motifs is 3. The number of aliphatic hydroxyl groups is 1. The third kappa shape index (κ3) is 3.56. The van der Waals surface area contributed by atoms with E-state index in [-0.39, 0.29) is 12.5 Å². The molecule has 1 unspecified atom stereocenters. The van der Waals surface area contributed by atoms with Gasteiger partial charge in [-0.15, -0.1) is 0 Å². The van der Waals surface area contributed by atoms with Gasteiger partial charge < -0.3 is 14.6 Å². The lowest BCUT2D eigenvalue weighted by atomic mass is 9.77. The summed E-state index contributed by atoms with van der Waals surface area (Å²) in [4.78, 5) is 2.31. The molecule has 37 heavy (non-hydrogen) atoms. The third-order valence-electron chi connectivity index (χ3n) is 7.79. The molecule has 1 N–H and O–H groups in total. The molecule has 4 aromatic rings. The zero-order valence-electron chi connectivity index (χ0n) is 21.0. The lowest BCUT2D eigenvalue weighted by Crippen LogP contribution is -2.56. The van der Waals surface area contributed by atoms with Gasteiger partial charge in [-0.1, -0.05) is 116 Å². The largest absolute Gasteiger partial charge is 0.493 e. The number of hydrogen-bond acceptors (Lipinski definition) is 4. The Kier molecular flexibility index (Phi) is 5.96. The highest BCUT2D eigenvalue weighted by atomic mass is 16.7. The Balaban J connectivity index is 1.62. The minimum atomic E-state index is -1.68. The summed E-state index contributed by atoms with van der Waals surface area (Å²) in [6.07, 6.45) is 0.558. The van der Waals surface area contributed by atoms with E-state index in [9.17, 15) is 5.11 Å². The molecule has 2 aliphatic rings. The molecule has 1 heterocycles. The maximum atomic E-state index is 12.1. The zero-order valence-corrected chi connectivity index (χ0v) is 21.0. The van der Waals surface area contributed by atoms with E-state index in [1.165, 1.54) is 22.3 Å². The second-order valence-electron chi connectivity index (χ2n) is 9.67. The first-order chi connectivity index (χ1) is 18.1. The zero-order chi connectivity index (χ0) is 25.5. The van der Waals surface area contributed by atoms with Crippen LogP contribution in [0.1, 0.15) is 29.2 Å². The summed E-state index contributed by atoms with van der Waals surface area (Å²) in [5.41, 5.74) is 6.30. The van der Waals surface area contributed by atoms with E-state index in [4.69, 9.17) is 9.47 Å². The second-order valence-corrected chi connectivity index (χ2v) is 9.67. The summed E-state index contributed by atoms with van der Waals surface area (Å²) < 4.78 is 12.1.